The van der Waals surface area contributed by atoms with Crippen LogP contribution in [0.3, 0.4) is 0 Å². The first-order valence-corrected chi connectivity index (χ1v) is 14.5. The normalized spacial score (nSPS) is 12.8. The summed E-state index contributed by atoms with van der Waals surface area (Å²) in [5.41, 5.74) is 4.43. The van der Waals surface area contributed by atoms with Gasteiger partial charge in [-0.3, -0.25) is 4.79 Å². The number of ether oxygens (including phenoxy) is 1. The number of anilines is 1. The minimum absolute atomic E-state index is 0.0178. The van der Waals surface area contributed by atoms with Crippen molar-refractivity contribution in [1.29, 1.82) is 0 Å². The standard InChI is InChI=1S/C34H30FN7O2/c1-36-34(43)27-19-37-33(41(20-22-8-4-2-5-9-22)21-23-10-6-3-7-11-23)32-26(27)18-29(40-32)31-28(35)16-24(42-38-14-15-39-42)17-30(31)44-25-12-13-25/h2-11,14-19,25,40H,12-13,20-21H2,1H3,(H,36,43). The number of nitrogens with one attached hydrogen (secondary N) is 2. The van der Waals surface area contributed by atoms with Crippen molar-refractivity contribution in [2.24, 2.45) is 0 Å². The highest BCUT2D eigenvalue weighted by molar-refractivity contribution is 6.09. The second kappa shape index (κ2) is 11.6. The third-order valence-corrected chi connectivity index (χ3v) is 7.63. The Morgan fingerprint density at radius 3 is 2.27 bits per heavy atom. The number of aromatic amines is 1. The molecular formula is C34H30FN7O2. The highest BCUT2D eigenvalue weighted by Gasteiger charge is 2.28. The lowest BCUT2D eigenvalue weighted by Crippen LogP contribution is -2.24. The number of fused-ring (bicyclic) bond motifs is 1. The van der Waals surface area contributed by atoms with Crippen molar-refractivity contribution in [3.63, 3.8) is 0 Å². The van der Waals surface area contributed by atoms with Crippen LogP contribution in [-0.2, 0) is 13.1 Å². The zero-order valence-electron chi connectivity index (χ0n) is 24.1. The summed E-state index contributed by atoms with van der Waals surface area (Å²) in [5.74, 6) is 0.248. The summed E-state index contributed by atoms with van der Waals surface area (Å²) >= 11 is 0. The van der Waals surface area contributed by atoms with Gasteiger partial charge in [-0.15, -0.1) is 0 Å². The van der Waals surface area contributed by atoms with Crippen molar-refractivity contribution in [1.82, 2.24) is 30.3 Å². The van der Waals surface area contributed by atoms with E-state index in [1.165, 1.54) is 23.3 Å². The van der Waals surface area contributed by atoms with Crippen LogP contribution in [0.1, 0.15) is 34.3 Å². The van der Waals surface area contributed by atoms with Gasteiger partial charge < -0.3 is 19.9 Å². The topological polar surface area (TPSA) is 101 Å². The Balaban J connectivity index is 1.40. The molecule has 1 aliphatic rings. The summed E-state index contributed by atoms with van der Waals surface area (Å²) in [6, 6.07) is 25.2. The van der Waals surface area contributed by atoms with E-state index < -0.39 is 5.82 Å². The molecule has 0 spiro atoms. The van der Waals surface area contributed by atoms with E-state index in [9.17, 15) is 4.79 Å². The Hall–Kier alpha value is -5.51. The maximum atomic E-state index is 16.1. The maximum Gasteiger partial charge on any atom is 0.253 e. The lowest BCUT2D eigenvalue weighted by Gasteiger charge is -2.25. The molecule has 0 aliphatic heterocycles. The van der Waals surface area contributed by atoms with E-state index in [4.69, 9.17) is 9.72 Å². The van der Waals surface area contributed by atoms with Crippen LogP contribution in [0, 0.1) is 5.82 Å². The molecule has 2 N–H and O–H groups in total. The van der Waals surface area contributed by atoms with Crippen LogP contribution in [0.2, 0.25) is 0 Å². The minimum atomic E-state index is -0.497. The van der Waals surface area contributed by atoms with Gasteiger partial charge in [0.15, 0.2) is 5.82 Å². The van der Waals surface area contributed by atoms with Crippen molar-refractivity contribution in [3.05, 3.63) is 120 Å². The average Bonchev–Trinajstić information content (AvgIpc) is 3.48. The predicted octanol–water partition coefficient (Wildman–Crippen LogP) is 6.06. The monoisotopic (exact) mass is 587 g/mol. The lowest BCUT2D eigenvalue weighted by atomic mass is 10.1. The van der Waals surface area contributed by atoms with Gasteiger partial charge in [-0.1, -0.05) is 60.7 Å². The fourth-order valence-electron chi connectivity index (χ4n) is 5.36. The van der Waals surface area contributed by atoms with Crippen LogP contribution in [0.25, 0.3) is 27.8 Å². The van der Waals surface area contributed by atoms with Crippen LogP contribution in [0.15, 0.2) is 97.5 Å². The van der Waals surface area contributed by atoms with Crippen molar-refractivity contribution in [2.75, 3.05) is 11.9 Å². The Morgan fingerprint density at radius 1 is 1.00 bits per heavy atom. The molecule has 6 aromatic rings. The van der Waals surface area contributed by atoms with Gasteiger partial charge >= 0.3 is 0 Å². The van der Waals surface area contributed by atoms with E-state index in [-0.39, 0.29) is 17.6 Å². The van der Waals surface area contributed by atoms with E-state index in [0.717, 1.165) is 24.0 Å². The minimum Gasteiger partial charge on any atom is -0.490 e. The number of H-pyrrole nitrogens is 1. The third-order valence-electron chi connectivity index (χ3n) is 7.63. The molecule has 0 saturated heterocycles. The van der Waals surface area contributed by atoms with E-state index in [2.05, 4.69) is 49.7 Å². The molecule has 1 amide bonds. The number of pyridine rings is 1. The molecule has 0 radical (unpaired) electrons. The predicted molar refractivity (Wildman–Crippen MR) is 166 cm³/mol. The first-order valence-electron chi connectivity index (χ1n) is 14.5. The molecule has 1 saturated carbocycles. The van der Waals surface area contributed by atoms with E-state index in [1.54, 1.807) is 25.4 Å². The summed E-state index contributed by atoms with van der Waals surface area (Å²) in [7, 11) is 1.58. The molecule has 10 heteroatoms. The summed E-state index contributed by atoms with van der Waals surface area (Å²) in [6.07, 6.45) is 6.49. The molecule has 3 aromatic heterocycles. The van der Waals surface area contributed by atoms with Gasteiger partial charge in [0.1, 0.15) is 11.6 Å². The van der Waals surface area contributed by atoms with Gasteiger partial charge in [0.25, 0.3) is 5.91 Å². The number of hydrogen-bond acceptors (Lipinski definition) is 6. The quantitative estimate of drug-likeness (QED) is 0.202. The number of nitrogens with zero attached hydrogens (tertiary/aromatic N) is 5. The Labute approximate surface area is 253 Å². The van der Waals surface area contributed by atoms with E-state index >= 15 is 4.39 Å². The van der Waals surface area contributed by atoms with Crippen molar-refractivity contribution in [3.8, 4) is 22.7 Å². The molecular weight excluding hydrogens is 557 g/mol. The van der Waals surface area contributed by atoms with Gasteiger partial charge in [0, 0.05) is 43.9 Å². The van der Waals surface area contributed by atoms with Crippen LogP contribution >= 0.6 is 0 Å². The van der Waals surface area contributed by atoms with Gasteiger partial charge in [-0.25, -0.2) is 9.37 Å². The largest absolute Gasteiger partial charge is 0.490 e. The highest BCUT2D eigenvalue weighted by Crippen LogP contribution is 2.41. The maximum absolute atomic E-state index is 16.1. The number of benzene rings is 3. The van der Waals surface area contributed by atoms with Crippen LogP contribution in [0.5, 0.6) is 5.75 Å². The summed E-state index contributed by atoms with van der Waals surface area (Å²) in [5, 5.41) is 11.7. The smallest absolute Gasteiger partial charge is 0.253 e. The Morgan fingerprint density at radius 2 is 1.66 bits per heavy atom. The first kappa shape index (κ1) is 27.3. The van der Waals surface area contributed by atoms with Crippen molar-refractivity contribution in [2.45, 2.75) is 32.0 Å². The molecule has 44 heavy (non-hydrogen) atoms. The molecule has 1 aliphatic carbocycles. The van der Waals surface area contributed by atoms with Crippen LogP contribution in [0.4, 0.5) is 10.2 Å². The fourth-order valence-corrected chi connectivity index (χ4v) is 5.36. The zero-order chi connectivity index (χ0) is 30.0. The molecule has 9 nitrogen and oxygen atoms in total. The van der Waals surface area contributed by atoms with Crippen LogP contribution < -0.4 is 15.0 Å². The summed E-state index contributed by atoms with van der Waals surface area (Å²) < 4.78 is 22.3. The molecule has 0 unspecified atom stereocenters. The molecule has 1 fully saturated rings. The van der Waals surface area contributed by atoms with Gasteiger partial charge in [0.2, 0.25) is 0 Å². The summed E-state index contributed by atoms with van der Waals surface area (Å²) in [6.45, 7) is 1.14. The average molecular weight is 588 g/mol. The molecule has 3 heterocycles. The number of carbonyl (C=O) groups is 1. The van der Waals surface area contributed by atoms with Gasteiger partial charge in [-0.05, 0) is 30.0 Å². The molecule has 220 valence electrons. The first-order chi connectivity index (χ1) is 21.6. The molecule has 3 aromatic carbocycles. The van der Waals surface area contributed by atoms with Gasteiger partial charge in [-0.2, -0.15) is 15.0 Å². The number of amides is 1. The second-order valence-corrected chi connectivity index (χ2v) is 10.8. The fraction of sp³-hybridized carbons (Fsp3) is 0.176. The zero-order valence-corrected chi connectivity index (χ0v) is 24.1. The number of halogens is 1. The number of carbonyl (C=O) groups excluding carboxylic acids is 1. The number of aromatic nitrogens is 5. The van der Waals surface area contributed by atoms with E-state index in [0.29, 0.717) is 52.5 Å². The summed E-state index contributed by atoms with van der Waals surface area (Å²) in [4.78, 5) is 24.8. The van der Waals surface area contributed by atoms with E-state index in [1.807, 2.05) is 36.4 Å². The van der Waals surface area contributed by atoms with Gasteiger partial charge in [0.05, 0.1) is 46.5 Å². The third kappa shape index (κ3) is 5.49. The molecule has 7 rings (SSSR count). The second-order valence-electron chi connectivity index (χ2n) is 10.8. The molecule has 0 bridgehead atoms. The SMILES string of the molecule is CNC(=O)c1cnc(N(Cc2ccccc2)Cc2ccccc2)c2[nH]c(-c3c(F)cc(-n4nccn4)cc3OC3CC3)cc12. The lowest BCUT2D eigenvalue weighted by molar-refractivity contribution is 0.0964. The highest BCUT2D eigenvalue weighted by atomic mass is 19.1. The van der Waals surface area contributed by atoms with Crippen molar-refractivity contribution < 1.29 is 13.9 Å². The Bertz CT molecular complexity index is 1880. The number of hydrogen-bond donors (Lipinski definition) is 2. The number of rotatable bonds is 10. The van der Waals surface area contributed by atoms with Crippen LogP contribution in [-0.4, -0.2) is 44.0 Å². The van der Waals surface area contributed by atoms with Crippen molar-refractivity contribution >= 4 is 22.6 Å². The molecule has 0 atom stereocenters. The Kier molecular flexibility index (Phi) is 7.23.